The molecule has 0 fully saturated rings. The van der Waals surface area contributed by atoms with Gasteiger partial charge in [-0.3, -0.25) is 9.69 Å². The van der Waals surface area contributed by atoms with E-state index in [2.05, 4.69) is 12.2 Å². The van der Waals surface area contributed by atoms with Crippen molar-refractivity contribution in [3.05, 3.63) is 0 Å². The molecule has 4 nitrogen and oxygen atoms in total. The molecule has 15 heavy (non-hydrogen) atoms. The fourth-order valence-corrected chi connectivity index (χ4v) is 1.31. The van der Waals surface area contributed by atoms with Gasteiger partial charge < -0.3 is 10.4 Å². The van der Waals surface area contributed by atoms with Gasteiger partial charge >= 0.3 is 0 Å². The van der Waals surface area contributed by atoms with Gasteiger partial charge in [-0.05, 0) is 19.4 Å². The van der Waals surface area contributed by atoms with Gasteiger partial charge in [-0.2, -0.15) is 0 Å². The van der Waals surface area contributed by atoms with E-state index in [0.717, 1.165) is 38.9 Å². The van der Waals surface area contributed by atoms with E-state index in [1.807, 2.05) is 11.8 Å². The van der Waals surface area contributed by atoms with Crippen molar-refractivity contribution in [1.29, 1.82) is 0 Å². The summed E-state index contributed by atoms with van der Waals surface area (Å²) in [5.41, 5.74) is 0. The molecule has 0 aromatic rings. The number of nitrogens with one attached hydrogen (secondary N) is 1. The molecule has 0 bridgehead atoms. The molecule has 0 rings (SSSR count). The zero-order valence-corrected chi connectivity index (χ0v) is 9.96. The van der Waals surface area contributed by atoms with Crippen molar-refractivity contribution in [2.45, 2.75) is 33.1 Å². The summed E-state index contributed by atoms with van der Waals surface area (Å²) in [5.74, 6) is 0.0863. The average molecular weight is 216 g/mol. The van der Waals surface area contributed by atoms with Crippen LogP contribution in [0.5, 0.6) is 0 Å². The van der Waals surface area contributed by atoms with Crippen molar-refractivity contribution in [3.8, 4) is 0 Å². The number of unbranched alkanes of at least 4 members (excludes halogenated alkanes) is 1. The van der Waals surface area contributed by atoms with Crippen molar-refractivity contribution in [1.82, 2.24) is 10.2 Å². The predicted molar refractivity (Wildman–Crippen MR) is 61.7 cm³/mol. The minimum absolute atomic E-state index is 0.0863. The monoisotopic (exact) mass is 216 g/mol. The number of carbonyl (C=O) groups excluding carboxylic acids is 1. The summed E-state index contributed by atoms with van der Waals surface area (Å²) in [6.45, 7) is 7.17. The molecule has 0 saturated carbocycles. The number of rotatable bonds is 9. The van der Waals surface area contributed by atoms with E-state index < -0.39 is 0 Å². The number of hydrogen-bond acceptors (Lipinski definition) is 3. The number of aliphatic hydroxyl groups excluding tert-OH is 1. The van der Waals surface area contributed by atoms with Gasteiger partial charge in [0.1, 0.15) is 0 Å². The van der Waals surface area contributed by atoms with E-state index in [9.17, 15) is 4.79 Å². The van der Waals surface area contributed by atoms with Gasteiger partial charge in [0, 0.05) is 19.7 Å². The molecule has 90 valence electrons. The standard InChI is InChI=1S/C11H24N2O2/c1-3-5-7-12-11(15)10-13(4-2)8-6-9-14/h14H,3-10H2,1-2H3,(H,12,15). The van der Waals surface area contributed by atoms with Crippen LogP contribution in [0.15, 0.2) is 0 Å². The highest BCUT2D eigenvalue weighted by Crippen LogP contribution is 1.91. The molecular weight excluding hydrogens is 192 g/mol. The van der Waals surface area contributed by atoms with Gasteiger partial charge in [-0.25, -0.2) is 0 Å². The number of hydrogen-bond donors (Lipinski definition) is 2. The first-order chi connectivity index (χ1) is 7.24. The summed E-state index contributed by atoms with van der Waals surface area (Å²) in [4.78, 5) is 13.5. The third kappa shape index (κ3) is 8.39. The second kappa shape index (κ2) is 9.93. The third-order valence-corrected chi connectivity index (χ3v) is 2.30. The SMILES string of the molecule is CCCCNC(=O)CN(CC)CCCO. The summed E-state index contributed by atoms with van der Waals surface area (Å²) in [6.07, 6.45) is 2.87. The van der Waals surface area contributed by atoms with Crippen LogP contribution in [-0.2, 0) is 4.79 Å². The Morgan fingerprint density at radius 1 is 1.33 bits per heavy atom. The second-order valence-corrected chi connectivity index (χ2v) is 3.65. The van der Waals surface area contributed by atoms with Gasteiger partial charge in [0.15, 0.2) is 0 Å². The van der Waals surface area contributed by atoms with E-state index in [1.54, 1.807) is 0 Å². The van der Waals surface area contributed by atoms with Crippen LogP contribution in [0.1, 0.15) is 33.1 Å². The fraction of sp³-hybridized carbons (Fsp3) is 0.909. The van der Waals surface area contributed by atoms with Crippen LogP contribution in [0.3, 0.4) is 0 Å². The lowest BCUT2D eigenvalue weighted by Crippen LogP contribution is -2.38. The molecule has 2 N–H and O–H groups in total. The van der Waals surface area contributed by atoms with Crippen LogP contribution in [0.4, 0.5) is 0 Å². The van der Waals surface area contributed by atoms with Crippen molar-refractivity contribution in [2.75, 3.05) is 32.8 Å². The summed E-state index contributed by atoms with van der Waals surface area (Å²) in [6, 6.07) is 0. The largest absolute Gasteiger partial charge is 0.396 e. The molecule has 1 amide bonds. The maximum atomic E-state index is 11.4. The maximum Gasteiger partial charge on any atom is 0.234 e. The van der Waals surface area contributed by atoms with E-state index in [0.29, 0.717) is 6.54 Å². The Kier molecular flexibility index (Phi) is 9.52. The molecule has 0 saturated heterocycles. The van der Waals surface area contributed by atoms with Gasteiger partial charge in [0.25, 0.3) is 0 Å². The topological polar surface area (TPSA) is 52.6 Å². The highest BCUT2D eigenvalue weighted by atomic mass is 16.3. The number of likely N-dealkylation sites (N-methyl/N-ethyl adjacent to an activating group) is 1. The first-order valence-electron chi connectivity index (χ1n) is 5.84. The minimum Gasteiger partial charge on any atom is -0.396 e. The molecular formula is C11H24N2O2. The third-order valence-electron chi connectivity index (χ3n) is 2.30. The molecule has 4 heteroatoms. The lowest BCUT2D eigenvalue weighted by atomic mass is 10.3. The van der Waals surface area contributed by atoms with Crippen molar-refractivity contribution >= 4 is 5.91 Å². The first kappa shape index (κ1) is 14.4. The summed E-state index contributed by atoms with van der Waals surface area (Å²) < 4.78 is 0. The normalized spacial score (nSPS) is 10.7. The molecule has 0 aromatic heterocycles. The van der Waals surface area contributed by atoms with Crippen LogP contribution >= 0.6 is 0 Å². The van der Waals surface area contributed by atoms with Crippen LogP contribution in [0.2, 0.25) is 0 Å². The zero-order valence-electron chi connectivity index (χ0n) is 9.96. The smallest absolute Gasteiger partial charge is 0.234 e. The maximum absolute atomic E-state index is 11.4. The van der Waals surface area contributed by atoms with Crippen LogP contribution in [-0.4, -0.2) is 48.7 Å². The quantitative estimate of drug-likeness (QED) is 0.555. The van der Waals surface area contributed by atoms with Crippen LogP contribution < -0.4 is 5.32 Å². The Balaban J connectivity index is 3.60. The van der Waals surface area contributed by atoms with E-state index >= 15 is 0 Å². The van der Waals surface area contributed by atoms with E-state index in [4.69, 9.17) is 5.11 Å². The van der Waals surface area contributed by atoms with Crippen molar-refractivity contribution in [2.24, 2.45) is 0 Å². The Labute approximate surface area is 92.7 Å². The molecule has 0 aromatic carbocycles. The minimum atomic E-state index is 0.0863. The van der Waals surface area contributed by atoms with E-state index in [1.165, 1.54) is 0 Å². The summed E-state index contributed by atoms with van der Waals surface area (Å²) in [7, 11) is 0. The Hall–Kier alpha value is -0.610. The first-order valence-corrected chi connectivity index (χ1v) is 5.84. The van der Waals surface area contributed by atoms with Gasteiger partial charge in [-0.15, -0.1) is 0 Å². The van der Waals surface area contributed by atoms with Gasteiger partial charge in [0.05, 0.1) is 6.54 Å². The molecule has 0 unspecified atom stereocenters. The summed E-state index contributed by atoms with van der Waals surface area (Å²) in [5, 5.41) is 11.6. The Morgan fingerprint density at radius 2 is 2.07 bits per heavy atom. The lowest BCUT2D eigenvalue weighted by molar-refractivity contribution is -0.122. The van der Waals surface area contributed by atoms with Crippen LogP contribution in [0, 0.1) is 0 Å². The molecule has 0 aliphatic carbocycles. The molecule has 0 atom stereocenters. The number of amides is 1. The lowest BCUT2D eigenvalue weighted by Gasteiger charge is -2.19. The van der Waals surface area contributed by atoms with Gasteiger partial charge in [0.2, 0.25) is 5.91 Å². The number of nitrogens with zero attached hydrogens (tertiary/aromatic N) is 1. The Bertz CT molecular complexity index is 163. The highest BCUT2D eigenvalue weighted by molar-refractivity contribution is 5.77. The van der Waals surface area contributed by atoms with Crippen molar-refractivity contribution in [3.63, 3.8) is 0 Å². The molecule has 0 aliphatic heterocycles. The van der Waals surface area contributed by atoms with E-state index in [-0.39, 0.29) is 12.5 Å². The molecule has 0 aliphatic rings. The summed E-state index contributed by atoms with van der Waals surface area (Å²) >= 11 is 0. The van der Waals surface area contributed by atoms with Crippen LogP contribution in [0.25, 0.3) is 0 Å². The van der Waals surface area contributed by atoms with Gasteiger partial charge in [-0.1, -0.05) is 20.3 Å². The second-order valence-electron chi connectivity index (χ2n) is 3.65. The highest BCUT2D eigenvalue weighted by Gasteiger charge is 2.07. The molecule has 0 radical (unpaired) electrons. The number of aliphatic hydroxyl groups is 1. The zero-order chi connectivity index (χ0) is 11.5. The fourth-order valence-electron chi connectivity index (χ4n) is 1.31. The average Bonchev–Trinajstić information content (AvgIpc) is 2.24. The number of carbonyl (C=O) groups is 1. The van der Waals surface area contributed by atoms with Crippen molar-refractivity contribution < 1.29 is 9.90 Å². The Morgan fingerprint density at radius 3 is 2.60 bits per heavy atom. The molecule has 0 spiro atoms. The predicted octanol–water partition coefficient (Wildman–Crippen LogP) is 0.607. The molecule has 0 heterocycles.